The van der Waals surface area contributed by atoms with E-state index in [1.54, 1.807) is 0 Å². The first-order valence-corrected chi connectivity index (χ1v) is 13.6. The van der Waals surface area contributed by atoms with Crippen molar-refractivity contribution >= 4 is 0 Å². The van der Waals surface area contributed by atoms with Crippen LogP contribution in [0, 0.1) is 0 Å². The Morgan fingerprint density at radius 2 is 0.816 bits per heavy atom. The average molecular weight is 645 g/mol. The summed E-state index contributed by atoms with van der Waals surface area (Å²) in [5.74, 6) is 1.92. The molecule has 0 saturated carbocycles. The molecule has 0 unspecified atom stereocenters. The molecule has 0 bridgehead atoms. The van der Waals surface area contributed by atoms with Crippen LogP contribution in [-0.2, 0) is 13.1 Å². The molecule has 4 aromatic rings. The highest BCUT2D eigenvalue weighted by atomic mass is 79.9. The Balaban J connectivity index is 0.00000253. The van der Waals surface area contributed by atoms with Gasteiger partial charge in [0.2, 0.25) is 12.7 Å². The predicted molar refractivity (Wildman–Crippen MR) is 148 cm³/mol. The van der Waals surface area contributed by atoms with Crippen LogP contribution in [0.4, 0.5) is 0 Å². The minimum absolute atomic E-state index is 0. The molecule has 38 heavy (non-hydrogen) atoms. The summed E-state index contributed by atoms with van der Waals surface area (Å²) in [6, 6.07) is 13.5. The maximum absolute atomic E-state index is 2.31. The Labute approximate surface area is 250 Å². The summed E-state index contributed by atoms with van der Waals surface area (Å²) < 4.78 is 9.23. The highest BCUT2D eigenvalue weighted by Gasteiger charge is 2.22. The van der Waals surface area contributed by atoms with Crippen LogP contribution in [0.2, 0.25) is 0 Å². The van der Waals surface area contributed by atoms with Gasteiger partial charge in [-0.1, -0.05) is 91.8 Å². The third-order valence-electron chi connectivity index (χ3n) is 7.20. The van der Waals surface area contributed by atoms with Crippen LogP contribution in [0.3, 0.4) is 0 Å². The van der Waals surface area contributed by atoms with Crippen molar-refractivity contribution in [1.82, 2.24) is 9.13 Å². The molecule has 6 heteroatoms. The first-order chi connectivity index (χ1) is 17.2. The molecule has 0 fully saturated rings. The van der Waals surface area contributed by atoms with Gasteiger partial charge < -0.3 is 34.0 Å². The zero-order chi connectivity index (χ0) is 26.0. The summed E-state index contributed by atoms with van der Waals surface area (Å²) in [5, 5.41) is 0. The molecule has 0 atom stereocenters. The Kier molecular flexibility index (Phi) is 11.6. The van der Waals surface area contributed by atoms with Crippen LogP contribution in [0.1, 0.15) is 101 Å². The van der Waals surface area contributed by atoms with Crippen molar-refractivity contribution in [2.45, 2.75) is 92.2 Å². The second-order valence-electron chi connectivity index (χ2n) is 11.3. The molecule has 2 heterocycles. The van der Waals surface area contributed by atoms with E-state index in [0.717, 1.165) is 13.1 Å². The van der Waals surface area contributed by atoms with Gasteiger partial charge in [0.15, 0.2) is 0 Å². The topological polar surface area (TPSA) is 17.6 Å². The number of nitrogens with zero attached hydrogens (tertiary/aromatic N) is 4. The van der Waals surface area contributed by atoms with Crippen molar-refractivity contribution in [3.05, 3.63) is 96.1 Å². The fourth-order valence-corrected chi connectivity index (χ4v) is 5.17. The molecule has 4 rings (SSSR count). The predicted octanol–water partition coefficient (Wildman–Crippen LogP) is 1.04. The van der Waals surface area contributed by atoms with Crippen molar-refractivity contribution in [3.63, 3.8) is 0 Å². The molecule has 2 aromatic carbocycles. The van der Waals surface area contributed by atoms with E-state index in [1.165, 1.54) is 33.6 Å². The van der Waals surface area contributed by atoms with Crippen molar-refractivity contribution in [3.8, 4) is 11.4 Å². The zero-order valence-corrected chi connectivity index (χ0v) is 27.4. The van der Waals surface area contributed by atoms with Gasteiger partial charge in [0.1, 0.15) is 49.3 Å². The minimum Gasteiger partial charge on any atom is -1.00 e. The summed E-state index contributed by atoms with van der Waals surface area (Å²) in [4.78, 5) is 0. The fourth-order valence-electron chi connectivity index (χ4n) is 5.17. The Bertz CT molecular complexity index is 1160. The van der Waals surface area contributed by atoms with E-state index >= 15 is 0 Å². The van der Waals surface area contributed by atoms with E-state index < -0.39 is 0 Å². The molecule has 0 radical (unpaired) electrons. The SMILES string of the molecule is CC(C)c1cccc(C(C)C)c1-n1cc[n+](CC[n+]2ccn(-c3c(C(C)C)cccc3C(C)C)c2)c1.[Br-].[Br-]. The van der Waals surface area contributed by atoms with Crippen LogP contribution < -0.4 is 43.1 Å². The third kappa shape index (κ3) is 6.87. The van der Waals surface area contributed by atoms with E-state index in [4.69, 9.17) is 0 Å². The first kappa shape index (κ1) is 32.0. The van der Waals surface area contributed by atoms with Crippen molar-refractivity contribution in [1.29, 1.82) is 0 Å². The highest BCUT2D eigenvalue weighted by molar-refractivity contribution is 5.51. The van der Waals surface area contributed by atoms with E-state index in [2.05, 4.69) is 147 Å². The van der Waals surface area contributed by atoms with Crippen molar-refractivity contribution in [2.24, 2.45) is 0 Å². The average Bonchev–Trinajstić information content (AvgIpc) is 3.51. The molecule has 0 aliphatic rings. The molecule has 0 saturated heterocycles. The number of para-hydroxylation sites is 2. The molecule has 2 aromatic heterocycles. The number of hydrogen-bond acceptors (Lipinski definition) is 0. The summed E-state index contributed by atoms with van der Waals surface area (Å²) in [5.41, 5.74) is 8.29. The molecular weight excluding hydrogens is 600 g/mol. The quantitative estimate of drug-likeness (QED) is 0.243. The second-order valence-corrected chi connectivity index (χ2v) is 11.3. The molecule has 0 spiro atoms. The number of halogens is 2. The Morgan fingerprint density at radius 1 is 0.526 bits per heavy atom. The smallest absolute Gasteiger partial charge is 0.249 e. The van der Waals surface area contributed by atoms with E-state index in [-0.39, 0.29) is 34.0 Å². The lowest BCUT2D eigenvalue weighted by atomic mass is 9.92. The Hall–Kier alpha value is -2.18. The Morgan fingerprint density at radius 3 is 1.08 bits per heavy atom. The summed E-state index contributed by atoms with van der Waals surface area (Å²) in [7, 11) is 0. The minimum atomic E-state index is 0. The lowest BCUT2D eigenvalue weighted by molar-refractivity contribution is -0.777. The van der Waals surface area contributed by atoms with Gasteiger partial charge in [0, 0.05) is 22.3 Å². The molecule has 4 nitrogen and oxygen atoms in total. The monoisotopic (exact) mass is 642 g/mol. The molecule has 0 aliphatic heterocycles. The van der Waals surface area contributed by atoms with Crippen LogP contribution >= 0.6 is 0 Å². The van der Waals surface area contributed by atoms with Crippen LogP contribution in [0.5, 0.6) is 0 Å². The van der Waals surface area contributed by atoms with Gasteiger partial charge in [-0.3, -0.25) is 0 Å². The zero-order valence-electron chi connectivity index (χ0n) is 24.2. The number of aromatic nitrogens is 4. The maximum atomic E-state index is 2.31. The van der Waals surface area contributed by atoms with Gasteiger partial charge in [0.05, 0.1) is 0 Å². The maximum Gasteiger partial charge on any atom is 0.249 e. The standard InChI is InChI=1S/C32H44N4.2BrH/c1-23(2)27-11-9-12-28(24(3)4)31(27)35-19-17-33(21-35)15-16-34-18-20-36(22-34)32-29(25(5)6)13-10-14-30(32)26(7)8;;/h9-14,17-26H,15-16H2,1-8H3;2*1H/q+2;;/p-2. The van der Waals surface area contributed by atoms with Gasteiger partial charge in [-0.05, 0) is 23.7 Å². The largest absolute Gasteiger partial charge is 1.00 e. The number of imidazole rings is 2. The normalized spacial score (nSPS) is 11.4. The van der Waals surface area contributed by atoms with E-state index in [9.17, 15) is 0 Å². The van der Waals surface area contributed by atoms with Gasteiger partial charge in [-0.25, -0.2) is 18.3 Å². The van der Waals surface area contributed by atoms with Crippen LogP contribution in [0.25, 0.3) is 11.4 Å². The fraction of sp³-hybridized carbons (Fsp3) is 0.438. The number of benzene rings is 2. The lowest BCUT2D eigenvalue weighted by Crippen LogP contribution is -3.00. The first-order valence-electron chi connectivity index (χ1n) is 13.6. The van der Waals surface area contributed by atoms with E-state index in [0.29, 0.717) is 23.7 Å². The summed E-state index contributed by atoms with van der Waals surface area (Å²) in [6.07, 6.45) is 13.3. The third-order valence-corrected chi connectivity index (χ3v) is 7.20. The molecule has 206 valence electrons. The highest BCUT2D eigenvalue weighted by Crippen LogP contribution is 2.31. The number of hydrogen-bond donors (Lipinski definition) is 0. The van der Waals surface area contributed by atoms with Gasteiger partial charge >= 0.3 is 0 Å². The summed E-state index contributed by atoms with van der Waals surface area (Å²) >= 11 is 0. The molecule has 0 N–H and O–H groups in total. The number of rotatable bonds is 9. The molecule has 0 aliphatic carbocycles. The van der Waals surface area contributed by atoms with Crippen molar-refractivity contribution in [2.75, 3.05) is 0 Å². The van der Waals surface area contributed by atoms with Gasteiger partial charge in [-0.15, -0.1) is 0 Å². The van der Waals surface area contributed by atoms with E-state index in [1.807, 2.05) is 0 Å². The summed E-state index contributed by atoms with van der Waals surface area (Å²) in [6.45, 7) is 20.1. The molecular formula is C32H44Br2N4. The van der Waals surface area contributed by atoms with Crippen molar-refractivity contribution < 1.29 is 43.1 Å². The van der Waals surface area contributed by atoms with Gasteiger partial charge in [0.25, 0.3) is 0 Å². The number of aryl methyl sites for hydroxylation is 2. The van der Waals surface area contributed by atoms with Crippen LogP contribution in [-0.4, -0.2) is 9.13 Å². The second kappa shape index (κ2) is 13.7. The molecule has 0 amide bonds. The van der Waals surface area contributed by atoms with Gasteiger partial charge in [-0.2, -0.15) is 0 Å². The lowest BCUT2D eigenvalue weighted by Gasteiger charge is -2.16. The van der Waals surface area contributed by atoms with Crippen LogP contribution in [0.15, 0.2) is 73.8 Å².